The maximum Gasteiger partial charge on any atom is 0.332 e. The first-order valence-electron chi connectivity index (χ1n) is 10.7. The molecule has 0 saturated carbocycles. The third kappa shape index (κ3) is 3.73. The number of aromatic amines is 1. The molecule has 0 bridgehead atoms. The summed E-state index contributed by atoms with van der Waals surface area (Å²) in [6.45, 7) is 1.84. The minimum Gasteiger partial charge on any atom is -0.497 e. The van der Waals surface area contributed by atoms with Crippen LogP contribution in [0.25, 0.3) is 0 Å². The van der Waals surface area contributed by atoms with E-state index < -0.39 is 20.7 Å². The quantitative estimate of drug-likeness (QED) is 0.405. The number of nitrogens with zero attached hydrogens (tertiary/aromatic N) is 5. The zero-order chi connectivity index (χ0) is 23.9. The van der Waals surface area contributed by atoms with Crippen molar-refractivity contribution in [2.45, 2.75) is 30.1 Å². The average molecular weight is 485 g/mol. The Kier molecular flexibility index (Phi) is 5.58. The van der Waals surface area contributed by atoms with Gasteiger partial charge in [0.2, 0.25) is 5.91 Å². The number of likely N-dealkylation sites (tertiary alicyclic amines) is 1. The van der Waals surface area contributed by atoms with E-state index in [0.29, 0.717) is 43.1 Å². The number of nitrogens with one attached hydrogen (secondary N) is 1. The van der Waals surface area contributed by atoms with Gasteiger partial charge in [0.05, 0.1) is 26.5 Å². The normalized spacial score (nSPS) is 20.6. The molecule has 3 aromatic rings. The van der Waals surface area contributed by atoms with Crippen molar-refractivity contribution < 1.29 is 22.1 Å². The Morgan fingerprint density at radius 1 is 1.18 bits per heavy atom. The number of methoxy groups -OCH3 is 1. The minimum atomic E-state index is -4.11. The number of H-pyrrole nitrogens is 1. The third-order valence-electron chi connectivity index (χ3n) is 6.41. The van der Waals surface area contributed by atoms with Crippen LogP contribution in [0.5, 0.6) is 5.75 Å². The van der Waals surface area contributed by atoms with Crippen LogP contribution in [0.3, 0.4) is 0 Å². The van der Waals surface area contributed by atoms with Gasteiger partial charge in [-0.2, -0.15) is 13.5 Å². The molecule has 1 spiro atoms. The number of rotatable bonds is 6. The van der Waals surface area contributed by atoms with E-state index in [2.05, 4.69) is 29.2 Å². The molecule has 178 valence electrons. The van der Waals surface area contributed by atoms with Gasteiger partial charge in [0.25, 0.3) is 5.16 Å². The van der Waals surface area contributed by atoms with E-state index in [9.17, 15) is 13.2 Å². The highest BCUT2D eigenvalue weighted by molar-refractivity contribution is 7.86. The largest absolute Gasteiger partial charge is 0.497 e. The molecule has 2 aromatic heterocycles. The van der Waals surface area contributed by atoms with Gasteiger partial charge in [-0.3, -0.25) is 19.0 Å². The standard InChI is InChI=1S/C22H24N6O5S/c1-32-18-5-3-17(4-6-18)28-12-15-11-23-21(34(30,31)33-2)25-19(15)22(20(28)29)8-10-27(14-22)13-16-7-9-24-26-16/h3-7,9,11H,8,10,12-14H2,1-2H3,(H,24,26). The zero-order valence-corrected chi connectivity index (χ0v) is 19.6. The van der Waals surface area contributed by atoms with Crippen LogP contribution in [0.4, 0.5) is 5.69 Å². The fourth-order valence-electron chi connectivity index (χ4n) is 4.69. The number of hydrogen-bond acceptors (Lipinski definition) is 9. The number of benzene rings is 1. The molecule has 34 heavy (non-hydrogen) atoms. The summed E-state index contributed by atoms with van der Waals surface area (Å²) < 4.78 is 34.5. The maximum absolute atomic E-state index is 14.1. The van der Waals surface area contributed by atoms with E-state index in [1.807, 2.05) is 18.2 Å². The fraction of sp³-hybridized carbons (Fsp3) is 0.364. The van der Waals surface area contributed by atoms with Gasteiger partial charge in [0.1, 0.15) is 11.2 Å². The first kappa shape index (κ1) is 22.4. The number of anilines is 1. The number of carbonyl (C=O) groups excluding carboxylic acids is 1. The molecular formula is C22H24N6O5S. The topological polar surface area (TPSA) is 131 Å². The van der Waals surface area contributed by atoms with Gasteiger partial charge in [-0.15, -0.1) is 0 Å². The Labute approximate surface area is 196 Å². The van der Waals surface area contributed by atoms with Crippen molar-refractivity contribution >= 4 is 21.7 Å². The number of ether oxygens (including phenoxy) is 1. The summed E-state index contributed by atoms with van der Waals surface area (Å²) in [7, 11) is -1.46. The summed E-state index contributed by atoms with van der Waals surface area (Å²) in [5, 5.41) is 6.50. The molecule has 4 heterocycles. The fourth-order valence-corrected chi connectivity index (χ4v) is 5.23. The summed E-state index contributed by atoms with van der Waals surface area (Å²) in [6, 6.07) is 9.15. The molecule has 0 radical (unpaired) electrons. The van der Waals surface area contributed by atoms with Crippen LogP contribution in [0.2, 0.25) is 0 Å². The number of carbonyl (C=O) groups is 1. The highest BCUT2D eigenvalue weighted by Crippen LogP contribution is 2.43. The van der Waals surface area contributed by atoms with Crippen LogP contribution in [-0.4, -0.2) is 66.7 Å². The smallest absolute Gasteiger partial charge is 0.332 e. The van der Waals surface area contributed by atoms with Gasteiger partial charge in [0.15, 0.2) is 0 Å². The number of aromatic nitrogens is 4. The van der Waals surface area contributed by atoms with E-state index in [0.717, 1.165) is 18.5 Å². The van der Waals surface area contributed by atoms with Gasteiger partial charge in [-0.1, -0.05) is 0 Å². The van der Waals surface area contributed by atoms with E-state index in [-0.39, 0.29) is 12.5 Å². The van der Waals surface area contributed by atoms with E-state index in [1.54, 1.807) is 30.3 Å². The van der Waals surface area contributed by atoms with Crippen LogP contribution < -0.4 is 9.64 Å². The summed E-state index contributed by atoms with van der Waals surface area (Å²) in [4.78, 5) is 26.3. The number of fused-ring (bicyclic) bond motifs is 2. The predicted molar refractivity (Wildman–Crippen MR) is 121 cm³/mol. The van der Waals surface area contributed by atoms with E-state index in [4.69, 9.17) is 4.74 Å². The van der Waals surface area contributed by atoms with E-state index >= 15 is 0 Å². The number of amides is 1. The van der Waals surface area contributed by atoms with Crippen molar-refractivity contribution in [2.24, 2.45) is 0 Å². The second-order valence-electron chi connectivity index (χ2n) is 8.36. The van der Waals surface area contributed by atoms with Crippen LogP contribution in [0, 0.1) is 0 Å². The van der Waals surface area contributed by atoms with Crippen molar-refractivity contribution in [3.8, 4) is 5.75 Å². The second kappa shape index (κ2) is 8.46. The minimum absolute atomic E-state index is 0.128. The molecular weight excluding hydrogens is 460 g/mol. The number of hydrogen-bond donors (Lipinski definition) is 1. The highest BCUT2D eigenvalue weighted by atomic mass is 32.2. The first-order valence-corrected chi connectivity index (χ1v) is 12.1. The van der Waals surface area contributed by atoms with E-state index in [1.165, 1.54) is 6.20 Å². The predicted octanol–water partition coefficient (Wildman–Crippen LogP) is 1.23. The summed E-state index contributed by atoms with van der Waals surface area (Å²) in [6.07, 6.45) is 3.66. The molecule has 1 N–H and O–H groups in total. The average Bonchev–Trinajstić information content (AvgIpc) is 3.52. The lowest BCUT2D eigenvalue weighted by molar-refractivity contribution is -0.124. The van der Waals surface area contributed by atoms with Crippen LogP contribution >= 0.6 is 0 Å². The first-order chi connectivity index (χ1) is 16.4. The summed E-state index contributed by atoms with van der Waals surface area (Å²) >= 11 is 0. The van der Waals surface area contributed by atoms with Crippen molar-refractivity contribution in [3.05, 3.63) is 59.7 Å². The Bertz CT molecular complexity index is 1310. The molecule has 0 aliphatic carbocycles. The second-order valence-corrected chi connectivity index (χ2v) is 9.97. The molecule has 12 heteroatoms. The highest BCUT2D eigenvalue weighted by Gasteiger charge is 2.53. The lowest BCUT2D eigenvalue weighted by atomic mass is 9.77. The maximum atomic E-state index is 14.1. The van der Waals surface area contributed by atoms with Gasteiger partial charge in [-0.25, -0.2) is 9.97 Å². The molecule has 1 unspecified atom stereocenters. The van der Waals surface area contributed by atoms with Crippen molar-refractivity contribution in [1.82, 2.24) is 25.1 Å². The lowest BCUT2D eigenvalue weighted by Gasteiger charge is -2.40. The Hall–Kier alpha value is -3.35. The Balaban J connectivity index is 1.58. The molecule has 5 rings (SSSR count). The van der Waals surface area contributed by atoms with Gasteiger partial charge >= 0.3 is 10.1 Å². The molecule has 2 aliphatic rings. The molecule has 2 aliphatic heterocycles. The Morgan fingerprint density at radius 2 is 1.97 bits per heavy atom. The molecule has 1 saturated heterocycles. The van der Waals surface area contributed by atoms with Gasteiger partial charge < -0.3 is 9.64 Å². The van der Waals surface area contributed by atoms with Crippen molar-refractivity contribution in [3.63, 3.8) is 0 Å². The van der Waals surface area contributed by atoms with Crippen LogP contribution in [0.1, 0.15) is 23.4 Å². The molecule has 1 aromatic carbocycles. The third-order valence-corrected chi connectivity index (χ3v) is 7.49. The molecule has 1 amide bonds. The molecule has 1 atom stereocenters. The summed E-state index contributed by atoms with van der Waals surface area (Å²) in [5.74, 6) is 0.560. The SMILES string of the molecule is COc1ccc(N2Cc3cnc(S(=O)(=O)OC)nc3C3(CCN(Cc4ccn[nH]4)C3)C2=O)cc1. The van der Waals surface area contributed by atoms with Crippen molar-refractivity contribution in [1.29, 1.82) is 0 Å². The monoisotopic (exact) mass is 484 g/mol. The van der Waals surface area contributed by atoms with Gasteiger partial charge in [0, 0.05) is 49.0 Å². The summed E-state index contributed by atoms with van der Waals surface area (Å²) in [5.41, 5.74) is 1.78. The molecule has 11 nitrogen and oxygen atoms in total. The lowest BCUT2D eigenvalue weighted by Crippen LogP contribution is -2.53. The van der Waals surface area contributed by atoms with Crippen LogP contribution in [0.15, 0.2) is 47.9 Å². The zero-order valence-electron chi connectivity index (χ0n) is 18.8. The Morgan fingerprint density at radius 3 is 2.65 bits per heavy atom. The van der Waals surface area contributed by atoms with Crippen LogP contribution in [-0.2, 0) is 37.6 Å². The van der Waals surface area contributed by atoms with Gasteiger partial charge in [-0.05, 0) is 36.8 Å². The molecule has 1 fully saturated rings. The van der Waals surface area contributed by atoms with Crippen molar-refractivity contribution in [2.75, 3.05) is 32.2 Å².